The number of ether oxygens (including phenoxy) is 1. The first-order chi connectivity index (χ1) is 9.29. The number of halogens is 1. The standard InChI is InChI=1S/C17H28ClNO/c1-13(2)20-11-10-14(12-19-17(3,4)5)15-8-6-7-9-16(15)18/h6-9,13-14,19H,10-12H2,1-5H3. The summed E-state index contributed by atoms with van der Waals surface area (Å²) in [5.41, 5.74) is 1.32. The Balaban J connectivity index is 2.71. The van der Waals surface area contributed by atoms with E-state index in [2.05, 4.69) is 52.1 Å². The van der Waals surface area contributed by atoms with E-state index in [0.717, 1.165) is 24.6 Å². The third-order valence-corrected chi connectivity index (χ3v) is 3.49. The van der Waals surface area contributed by atoms with Crippen molar-refractivity contribution in [2.75, 3.05) is 13.2 Å². The van der Waals surface area contributed by atoms with Gasteiger partial charge in [0.15, 0.2) is 0 Å². The van der Waals surface area contributed by atoms with E-state index in [1.807, 2.05) is 12.1 Å². The van der Waals surface area contributed by atoms with Gasteiger partial charge in [-0.05, 0) is 52.7 Å². The molecule has 0 bridgehead atoms. The highest BCUT2D eigenvalue weighted by molar-refractivity contribution is 6.31. The van der Waals surface area contributed by atoms with Crippen molar-refractivity contribution >= 4 is 11.6 Å². The molecule has 0 fully saturated rings. The van der Waals surface area contributed by atoms with Crippen LogP contribution in [0.2, 0.25) is 5.02 Å². The molecule has 114 valence electrons. The summed E-state index contributed by atoms with van der Waals surface area (Å²) in [6, 6.07) is 8.11. The fourth-order valence-electron chi connectivity index (χ4n) is 2.05. The van der Waals surface area contributed by atoms with E-state index in [9.17, 15) is 0 Å². The fourth-order valence-corrected chi connectivity index (χ4v) is 2.34. The van der Waals surface area contributed by atoms with E-state index in [1.54, 1.807) is 0 Å². The lowest BCUT2D eigenvalue weighted by Gasteiger charge is -2.26. The number of benzene rings is 1. The molecule has 0 aliphatic heterocycles. The third kappa shape index (κ3) is 6.74. The Kier molecular flexibility index (Phi) is 7.01. The normalized spacial score (nSPS) is 13.8. The van der Waals surface area contributed by atoms with Crippen molar-refractivity contribution in [1.82, 2.24) is 5.32 Å². The summed E-state index contributed by atoms with van der Waals surface area (Å²) in [5.74, 6) is 0.377. The fraction of sp³-hybridized carbons (Fsp3) is 0.647. The molecule has 1 atom stereocenters. The zero-order valence-electron chi connectivity index (χ0n) is 13.4. The molecule has 1 aromatic carbocycles. The van der Waals surface area contributed by atoms with Crippen molar-refractivity contribution in [3.05, 3.63) is 34.9 Å². The minimum Gasteiger partial charge on any atom is -0.379 e. The summed E-state index contributed by atoms with van der Waals surface area (Å²) in [5, 5.41) is 4.42. The van der Waals surface area contributed by atoms with Crippen molar-refractivity contribution in [1.29, 1.82) is 0 Å². The van der Waals surface area contributed by atoms with Crippen LogP contribution in [0.5, 0.6) is 0 Å². The van der Waals surface area contributed by atoms with Crippen LogP contribution in [0.15, 0.2) is 24.3 Å². The van der Waals surface area contributed by atoms with Crippen LogP contribution in [-0.2, 0) is 4.74 Å². The molecular formula is C17H28ClNO. The summed E-state index contributed by atoms with van der Waals surface area (Å²) in [4.78, 5) is 0. The third-order valence-electron chi connectivity index (χ3n) is 3.14. The van der Waals surface area contributed by atoms with Gasteiger partial charge in [0.2, 0.25) is 0 Å². The Morgan fingerprint density at radius 3 is 2.40 bits per heavy atom. The van der Waals surface area contributed by atoms with E-state index in [0.29, 0.717) is 5.92 Å². The number of hydrogen-bond donors (Lipinski definition) is 1. The lowest BCUT2D eigenvalue weighted by atomic mass is 9.94. The van der Waals surface area contributed by atoms with Gasteiger partial charge < -0.3 is 10.1 Å². The number of hydrogen-bond acceptors (Lipinski definition) is 2. The molecular weight excluding hydrogens is 270 g/mol. The Labute approximate surface area is 128 Å². The first-order valence-electron chi connectivity index (χ1n) is 7.40. The smallest absolute Gasteiger partial charge is 0.0518 e. The summed E-state index contributed by atoms with van der Waals surface area (Å²) in [6.07, 6.45) is 1.25. The molecule has 0 spiro atoms. The summed E-state index contributed by atoms with van der Waals surface area (Å²) in [6.45, 7) is 12.4. The number of rotatable bonds is 7. The minimum atomic E-state index is 0.110. The highest BCUT2D eigenvalue weighted by atomic mass is 35.5. The van der Waals surface area contributed by atoms with E-state index < -0.39 is 0 Å². The van der Waals surface area contributed by atoms with Crippen LogP contribution in [0.4, 0.5) is 0 Å². The van der Waals surface area contributed by atoms with Gasteiger partial charge in [-0.3, -0.25) is 0 Å². The minimum absolute atomic E-state index is 0.110. The molecule has 0 heterocycles. The second-order valence-electron chi connectivity index (χ2n) is 6.56. The van der Waals surface area contributed by atoms with Crippen LogP contribution in [0.1, 0.15) is 52.5 Å². The van der Waals surface area contributed by atoms with Crippen molar-refractivity contribution < 1.29 is 4.74 Å². The van der Waals surface area contributed by atoms with Gasteiger partial charge in [-0.15, -0.1) is 0 Å². The molecule has 0 saturated carbocycles. The first kappa shape index (κ1) is 17.5. The SMILES string of the molecule is CC(C)OCCC(CNC(C)(C)C)c1ccccc1Cl. The molecule has 0 radical (unpaired) electrons. The average Bonchev–Trinajstić information content (AvgIpc) is 2.33. The zero-order chi connectivity index (χ0) is 15.2. The van der Waals surface area contributed by atoms with E-state index in [-0.39, 0.29) is 11.6 Å². The lowest BCUT2D eigenvalue weighted by Crippen LogP contribution is -2.38. The van der Waals surface area contributed by atoms with Crippen LogP contribution in [0, 0.1) is 0 Å². The van der Waals surface area contributed by atoms with Crippen LogP contribution < -0.4 is 5.32 Å². The Morgan fingerprint density at radius 1 is 1.20 bits per heavy atom. The zero-order valence-corrected chi connectivity index (χ0v) is 14.1. The summed E-state index contributed by atoms with van der Waals surface area (Å²) in [7, 11) is 0. The van der Waals surface area contributed by atoms with Gasteiger partial charge in [0.25, 0.3) is 0 Å². The highest BCUT2D eigenvalue weighted by Crippen LogP contribution is 2.27. The Hall–Kier alpha value is -0.570. The summed E-state index contributed by atoms with van der Waals surface area (Å²) >= 11 is 6.34. The molecule has 0 amide bonds. The predicted molar refractivity (Wildman–Crippen MR) is 87.7 cm³/mol. The maximum Gasteiger partial charge on any atom is 0.0518 e. The van der Waals surface area contributed by atoms with Crippen molar-refractivity contribution in [3.63, 3.8) is 0 Å². The molecule has 1 N–H and O–H groups in total. The molecule has 1 rings (SSSR count). The maximum atomic E-state index is 6.34. The van der Waals surface area contributed by atoms with Gasteiger partial charge in [-0.2, -0.15) is 0 Å². The van der Waals surface area contributed by atoms with Gasteiger partial charge in [-0.1, -0.05) is 29.8 Å². The van der Waals surface area contributed by atoms with Gasteiger partial charge in [0.1, 0.15) is 0 Å². The summed E-state index contributed by atoms with van der Waals surface area (Å²) < 4.78 is 5.69. The molecule has 20 heavy (non-hydrogen) atoms. The Bertz CT molecular complexity index is 398. The quantitative estimate of drug-likeness (QED) is 0.792. The molecule has 3 heteroatoms. The molecule has 2 nitrogen and oxygen atoms in total. The highest BCUT2D eigenvalue weighted by Gasteiger charge is 2.18. The van der Waals surface area contributed by atoms with E-state index >= 15 is 0 Å². The molecule has 0 saturated heterocycles. The molecule has 0 aliphatic carbocycles. The topological polar surface area (TPSA) is 21.3 Å². The van der Waals surface area contributed by atoms with Crippen LogP contribution in [0.25, 0.3) is 0 Å². The molecule has 1 unspecified atom stereocenters. The van der Waals surface area contributed by atoms with Gasteiger partial charge >= 0.3 is 0 Å². The lowest BCUT2D eigenvalue weighted by molar-refractivity contribution is 0.0729. The maximum absolute atomic E-state index is 6.34. The van der Waals surface area contributed by atoms with Crippen LogP contribution >= 0.6 is 11.6 Å². The molecule has 0 aliphatic rings. The number of nitrogens with one attached hydrogen (secondary N) is 1. The van der Waals surface area contributed by atoms with Crippen LogP contribution in [0.3, 0.4) is 0 Å². The van der Waals surface area contributed by atoms with Crippen molar-refractivity contribution in [2.45, 2.75) is 58.6 Å². The van der Waals surface area contributed by atoms with Crippen LogP contribution in [-0.4, -0.2) is 24.8 Å². The molecule has 0 aromatic heterocycles. The van der Waals surface area contributed by atoms with Crippen molar-refractivity contribution in [2.24, 2.45) is 0 Å². The second kappa shape index (κ2) is 8.02. The molecule has 1 aromatic rings. The van der Waals surface area contributed by atoms with E-state index in [4.69, 9.17) is 16.3 Å². The van der Waals surface area contributed by atoms with E-state index in [1.165, 1.54) is 5.56 Å². The largest absolute Gasteiger partial charge is 0.379 e. The van der Waals surface area contributed by atoms with Gasteiger partial charge in [0, 0.05) is 29.6 Å². The Morgan fingerprint density at radius 2 is 1.85 bits per heavy atom. The second-order valence-corrected chi connectivity index (χ2v) is 6.96. The van der Waals surface area contributed by atoms with Gasteiger partial charge in [-0.25, -0.2) is 0 Å². The monoisotopic (exact) mass is 297 g/mol. The predicted octanol–water partition coefficient (Wildman–Crippen LogP) is 4.63. The first-order valence-corrected chi connectivity index (χ1v) is 7.78. The van der Waals surface area contributed by atoms with Gasteiger partial charge in [0.05, 0.1) is 6.10 Å². The average molecular weight is 298 g/mol. The van der Waals surface area contributed by atoms with Crippen molar-refractivity contribution in [3.8, 4) is 0 Å².